The molecule has 0 bridgehead atoms. The van der Waals surface area contributed by atoms with Gasteiger partial charge in [0.15, 0.2) is 0 Å². The van der Waals surface area contributed by atoms with Gasteiger partial charge in [-0.1, -0.05) is 19.4 Å². The van der Waals surface area contributed by atoms with Crippen molar-refractivity contribution < 1.29 is 23.9 Å². The monoisotopic (exact) mass is 432 g/mol. The highest BCUT2D eigenvalue weighted by Gasteiger charge is 2.33. The predicted octanol–water partition coefficient (Wildman–Crippen LogP) is 1.30. The van der Waals surface area contributed by atoms with Crippen LogP contribution >= 0.6 is 0 Å². The third-order valence-electron chi connectivity index (χ3n) is 4.74. The first-order chi connectivity index (χ1) is 14.8. The van der Waals surface area contributed by atoms with Crippen molar-refractivity contribution in [3.8, 4) is 0 Å². The summed E-state index contributed by atoms with van der Waals surface area (Å²) >= 11 is 0. The Balaban J connectivity index is 1.96. The molecule has 9 heteroatoms. The van der Waals surface area contributed by atoms with Crippen molar-refractivity contribution >= 4 is 29.4 Å². The summed E-state index contributed by atoms with van der Waals surface area (Å²) in [5.41, 5.74) is 0.926. The van der Waals surface area contributed by atoms with Gasteiger partial charge in [0.1, 0.15) is 6.04 Å². The first-order valence-electron chi connectivity index (χ1n) is 10.7. The Morgan fingerprint density at radius 2 is 2.06 bits per heavy atom. The number of amides is 3. The van der Waals surface area contributed by atoms with E-state index in [1.807, 2.05) is 20.8 Å². The highest BCUT2D eigenvalue weighted by molar-refractivity contribution is 5.98. The lowest BCUT2D eigenvalue weighted by atomic mass is 10.1. The van der Waals surface area contributed by atoms with Gasteiger partial charge in [0.05, 0.1) is 19.6 Å². The number of rotatable bonds is 10. The fourth-order valence-corrected chi connectivity index (χ4v) is 3.19. The maximum Gasteiger partial charge on any atom is 0.307 e. The van der Waals surface area contributed by atoms with Gasteiger partial charge in [0.25, 0.3) is 5.91 Å². The second-order valence-electron chi connectivity index (χ2n) is 7.81. The predicted molar refractivity (Wildman–Crippen MR) is 117 cm³/mol. The average Bonchev–Trinajstić information content (AvgIpc) is 2.70. The lowest BCUT2D eigenvalue weighted by Crippen LogP contribution is -2.57. The summed E-state index contributed by atoms with van der Waals surface area (Å²) < 4.78 is 5.16. The third-order valence-corrected chi connectivity index (χ3v) is 4.74. The molecule has 0 spiro atoms. The number of esters is 1. The van der Waals surface area contributed by atoms with Crippen LogP contribution in [0.2, 0.25) is 0 Å². The van der Waals surface area contributed by atoms with Crippen LogP contribution in [0.1, 0.15) is 50.4 Å². The van der Waals surface area contributed by atoms with Gasteiger partial charge < -0.3 is 20.7 Å². The van der Waals surface area contributed by atoms with Crippen molar-refractivity contribution in [1.29, 1.82) is 0 Å². The number of carbonyl (C=O) groups excluding carboxylic acids is 4. The van der Waals surface area contributed by atoms with Gasteiger partial charge in [-0.25, -0.2) is 0 Å². The van der Waals surface area contributed by atoms with E-state index in [9.17, 15) is 19.2 Å². The van der Waals surface area contributed by atoms with Gasteiger partial charge in [-0.05, 0) is 38.5 Å². The van der Waals surface area contributed by atoms with E-state index < -0.39 is 12.0 Å². The third kappa shape index (κ3) is 8.01. The number of hydrogen-bond donors (Lipinski definition) is 3. The maximum atomic E-state index is 12.6. The molecule has 1 unspecified atom stereocenters. The number of nitrogens with one attached hydrogen (secondary N) is 3. The van der Waals surface area contributed by atoms with Crippen LogP contribution in [0.4, 0.5) is 5.69 Å². The van der Waals surface area contributed by atoms with E-state index in [-0.39, 0.29) is 36.7 Å². The van der Waals surface area contributed by atoms with E-state index in [1.165, 1.54) is 0 Å². The molecule has 1 atom stereocenters. The molecule has 31 heavy (non-hydrogen) atoms. The Labute approximate surface area is 182 Å². The van der Waals surface area contributed by atoms with Gasteiger partial charge in [-0.3, -0.25) is 24.1 Å². The van der Waals surface area contributed by atoms with E-state index >= 15 is 0 Å². The Morgan fingerprint density at radius 1 is 1.29 bits per heavy atom. The molecular formula is C22H32N4O5. The lowest BCUT2D eigenvalue weighted by Gasteiger charge is -2.33. The number of unbranched alkanes of at least 4 members (excludes halogenated alkanes) is 1. The summed E-state index contributed by atoms with van der Waals surface area (Å²) in [7, 11) is 0. The molecule has 1 aliphatic rings. The first-order valence-corrected chi connectivity index (χ1v) is 10.7. The molecule has 0 aliphatic carbocycles. The summed E-state index contributed by atoms with van der Waals surface area (Å²) in [6, 6.07) is 5.89. The molecule has 1 fully saturated rings. The Bertz CT molecular complexity index is 796. The normalized spacial score (nSPS) is 16.5. The van der Waals surface area contributed by atoms with E-state index in [1.54, 1.807) is 29.2 Å². The van der Waals surface area contributed by atoms with Crippen molar-refractivity contribution in [2.45, 2.75) is 52.1 Å². The number of ether oxygens (including phenoxy) is 1. The first kappa shape index (κ1) is 24.3. The second-order valence-corrected chi connectivity index (χ2v) is 7.81. The SMILES string of the molecule is CCCCOC(=O)CC1C(=O)NCCN1CC(=O)Nc1cccc(C(=O)NC(C)C)c1. The van der Waals surface area contributed by atoms with Crippen LogP contribution in [0.15, 0.2) is 24.3 Å². The number of piperazine rings is 1. The zero-order valence-corrected chi connectivity index (χ0v) is 18.4. The molecule has 9 nitrogen and oxygen atoms in total. The largest absolute Gasteiger partial charge is 0.466 e. The highest BCUT2D eigenvalue weighted by atomic mass is 16.5. The molecule has 0 saturated carbocycles. The molecule has 170 valence electrons. The zero-order chi connectivity index (χ0) is 22.8. The average molecular weight is 433 g/mol. The van der Waals surface area contributed by atoms with Crippen LogP contribution in [0.3, 0.4) is 0 Å². The van der Waals surface area contributed by atoms with Crippen LogP contribution in [0.5, 0.6) is 0 Å². The summed E-state index contributed by atoms with van der Waals surface area (Å²) in [5, 5.41) is 8.29. The molecule has 1 saturated heterocycles. The van der Waals surface area contributed by atoms with Crippen molar-refractivity contribution in [3.05, 3.63) is 29.8 Å². The van der Waals surface area contributed by atoms with E-state index in [0.717, 1.165) is 12.8 Å². The minimum absolute atomic E-state index is 0.00147. The zero-order valence-electron chi connectivity index (χ0n) is 18.4. The Kier molecular flexibility index (Phi) is 9.45. The van der Waals surface area contributed by atoms with Gasteiger partial charge in [-0.15, -0.1) is 0 Å². The number of carbonyl (C=O) groups is 4. The molecule has 0 radical (unpaired) electrons. The fourth-order valence-electron chi connectivity index (χ4n) is 3.19. The van der Waals surface area contributed by atoms with Crippen LogP contribution in [0, 0.1) is 0 Å². The molecule has 1 heterocycles. The van der Waals surface area contributed by atoms with Gasteiger partial charge in [0.2, 0.25) is 11.8 Å². The Morgan fingerprint density at radius 3 is 2.77 bits per heavy atom. The topological polar surface area (TPSA) is 117 Å². The number of benzene rings is 1. The van der Waals surface area contributed by atoms with Gasteiger partial charge >= 0.3 is 5.97 Å². The summed E-state index contributed by atoms with van der Waals surface area (Å²) in [4.78, 5) is 50.8. The molecule has 2 rings (SSSR count). The number of anilines is 1. The molecule has 1 aromatic rings. The number of hydrogen-bond acceptors (Lipinski definition) is 6. The van der Waals surface area contributed by atoms with Crippen molar-refractivity contribution in [2.75, 3.05) is 31.6 Å². The molecule has 1 aromatic carbocycles. The van der Waals surface area contributed by atoms with Crippen LogP contribution in [-0.2, 0) is 19.1 Å². The minimum atomic E-state index is -0.753. The second kappa shape index (κ2) is 12.0. The summed E-state index contributed by atoms with van der Waals surface area (Å²) in [6.45, 7) is 6.85. The summed E-state index contributed by atoms with van der Waals surface area (Å²) in [5.74, 6) is -1.30. The number of nitrogens with zero attached hydrogens (tertiary/aromatic N) is 1. The van der Waals surface area contributed by atoms with E-state index in [4.69, 9.17) is 4.74 Å². The van der Waals surface area contributed by atoms with Crippen LogP contribution in [0.25, 0.3) is 0 Å². The smallest absolute Gasteiger partial charge is 0.307 e. The fraction of sp³-hybridized carbons (Fsp3) is 0.545. The highest BCUT2D eigenvalue weighted by Crippen LogP contribution is 2.13. The molecule has 1 aliphatic heterocycles. The van der Waals surface area contributed by atoms with E-state index in [0.29, 0.717) is 30.9 Å². The van der Waals surface area contributed by atoms with Gasteiger partial charge in [-0.2, -0.15) is 0 Å². The maximum absolute atomic E-state index is 12.6. The summed E-state index contributed by atoms with van der Waals surface area (Å²) in [6.07, 6.45) is 1.57. The minimum Gasteiger partial charge on any atom is -0.466 e. The quantitative estimate of drug-likeness (QED) is 0.379. The van der Waals surface area contributed by atoms with E-state index in [2.05, 4.69) is 16.0 Å². The van der Waals surface area contributed by atoms with Crippen LogP contribution in [-0.4, -0.2) is 66.9 Å². The van der Waals surface area contributed by atoms with Crippen molar-refractivity contribution in [3.63, 3.8) is 0 Å². The molecular weight excluding hydrogens is 400 g/mol. The molecule has 3 amide bonds. The standard InChI is InChI=1S/C22H32N4O5/c1-4-5-11-31-20(28)13-18-22(30)23-9-10-26(18)14-19(27)25-17-8-6-7-16(12-17)21(29)24-15(2)3/h6-8,12,15,18H,4-5,9-11,13-14H2,1-3H3,(H,23,30)(H,24,29)(H,25,27). The van der Waals surface area contributed by atoms with Gasteiger partial charge in [0, 0.05) is 30.4 Å². The van der Waals surface area contributed by atoms with Crippen LogP contribution < -0.4 is 16.0 Å². The molecule has 3 N–H and O–H groups in total. The van der Waals surface area contributed by atoms with Crippen molar-refractivity contribution in [2.24, 2.45) is 0 Å². The molecule has 0 aromatic heterocycles. The van der Waals surface area contributed by atoms with Crippen molar-refractivity contribution in [1.82, 2.24) is 15.5 Å². The Hall–Kier alpha value is -2.94. The lowest BCUT2D eigenvalue weighted by molar-refractivity contribution is -0.149.